The Bertz CT molecular complexity index is 1040. The summed E-state index contributed by atoms with van der Waals surface area (Å²) in [6.45, 7) is 5.27. The summed E-state index contributed by atoms with van der Waals surface area (Å²) >= 11 is 0. The third-order valence-corrected chi connectivity index (χ3v) is 6.32. The molecule has 4 rings (SSSR count). The maximum atomic E-state index is 12.5. The second-order valence-corrected chi connectivity index (χ2v) is 9.17. The molecule has 0 aliphatic heterocycles. The molecule has 1 N–H and O–H groups in total. The van der Waals surface area contributed by atoms with E-state index < -0.39 is 5.60 Å². The van der Waals surface area contributed by atoms with E-state index in [-0.39, 0.29) is 11.3 Å². The van der Waals surface area contributed by atoms with Gasteiger partial charge in [0.1, 0.15) is 11.4 Å². The number of aliphatic hydroxyl groups is 1. The van der Waals surface area contributed by atoms with Gasteiger partial charge in [-0.2, -0.15) is 0 Å². The van der Waals surface area contributed by atoms with Crippen LogP contribution in [0.5, 0.6) is 5.75 Å². The number of hydrogen-bond acceptors (Lipinski definition) is 4. The largest absolute Gasteiger partial charge is 0.497 e. The number of benzene rings is 2. The predicted octanol–water partition coefficient (Wildman–Crippen LogP) is 4.24. The smallest absolute Gasteiger partial charge is 0.136 e. The fourth-order valence-electron chi connectivity index (χ4n) is 4.91. The lowest BCUT2D eigenvalue weighted by molar-refractivity contribution is -0.0653. The Morgan fingerprint density at radius 1 is 1.10 bits per heavy atom. The number of fused-ring (bicyclic) bond motifs is 2. The van der Waals surface area contributed by atoms with E-state index in [1.165, 1.54) is 0 Å². The van der Waals surface area contributed by atoms with Gasteiger partial charge in [-0.05, 0) is 61.3 Å². The van der Waals surface area contributed by atoms with Crippen LogP contribution in [0.2, 0.25) is 0 Å². The molecule has 0 radical (unpaired) electrons. The van der Waals surface area contributed by atoms with Crippen molar-refractivity contribution in [2.75, 3.05) is 27.7 Å². The first kappa shape index (κ1) is 19.9. The fraction of sp³-hybridized carbons (Fsp3) is 0.400. The molecule has 3 aromatic rings. The molecule has 0 amide bonds. The van der Waals surface area contributed by atoms with Gasteiger partial charge in [0.05, 0.1) is 18.3 Å². The van der Waals surface area contributed by atoms with Gasteiger partial charge in [0, 0.05) is 17.8 Å². The van der Waals surface area contributed by atoms with E-state index in [4.69, 9.17) is 9.72 Å². The molecule has 0 saturated carbocycles. The van der Waals surface area contributed by atoms with Crippen LogP contribution in [0.25, 0.3) is 10.9 Å². The second-order valence-electron chi connectivity index (χ2n) is 9.17. The number of para-hydroxylation sites is 1. The fourth-order valence-corrected chi connectivity index (χ4v) is 4.91. The van der Waals surface area contributed by atoms with Gasteiger partial charge in [-0.15, -0.1) is 0 Å². The van der Waals surface area contributed by atoms with Crippen LogP contribution in [0.15, 0.2) is 54.6 Å². The number of ether oxygens (including phenoxy) is 1. The topological polar surface area (TPSA) is 45.6 Å². The van der Waals surface area contributed by atoms with E-state index in [0.29, 0.717) is 0 Å². The van der Waals surface area contributed by atoms with E-state index in [2.05, 4.69) is 45.0 Å². The number of aromatic nitrogens is 1. The van der Waals surface area contributed by atoms with Crippen LogP contribution in [0.4, 0.5) is 0 Å². The first-order valence-corrected chi connectivity index (χ1v) is 10.2. The monoisotopic (exact) mass is 390 g/mol. The molecule has 2 atom stereocenters. The molecule has 1 heterocycles. The predicted molar refractivity (Wildman–Crippen MR) is 117 cm³/mol. The average molecular weight is 391 g/mol. The van der Waals surface area contributed by atoms with Crippen molar-refractivity contribution in [3.8, 4) is 5.75 Å². The minimum absolute atomic E-state index is 0.0294. The maximum absolute atomic E-state index is 12.5. The van der Waals surface area contributed by atoms with Gasteiger partial charge in [0.25, 0.3) is 0 Å². The SMILES string of the molecule is COc1cccc(C2(O)c3nc4ccccc4cc3CC(C)(C)C2CN(C)C)c1. The first-order valence-electron chi connectivity index (χ1n) is 10.2. The molecule has 0 fully saturated rings. The highest BCUT2D eigenvalue weighted by molar-refractivity contribution is 5.80. The summed E-state index contributed by atoms with van der Waals surface area (Å²) in [6.07, 6.45) is 0.880. The Morgan fingerprint density at radius 2 is 1.86 bits per heavy atom. The molecule has 152 valence electrons. The normalized spacial score (nSPS) is 23.2. The number of rotatable bonds is 4. The lowest BCUT2D eigenvalue weighted by Gasteiger charge is -2.51. The summed E-state index contributed by atoms with van der Waals surface area (Å²) in [4.78, 5) is 7.17. The summed E-state index contributed by atoms with van der Waals surface area (Å²) < 4.78 is 5.48. The van der Waals surface area contributed by atoms with E-state index in [1.54, 1.807) is 7.11 Å². The number of hydrogen-bond donors (Lipinski definition) is 1. The Balaban J connectivity index is 2.03. The van der Waals surface area contributed by atoms with E-state index in [9.17, 15) is 5.11 Å². The molecule has 0 spiro atoms. The van der Waals surface area contributed by atoms with Gasteiger partial charge in [0.2, 0.25) is 0 Å². The average Bonchev–Trinajstić information content (AvgIpc) is 2.69. The first-order chi connectivity index (χ1) is 13.8. The van der Waals surface area contributed by atoms with Crippen LogP contribution >= 0.6 is 0 Å². The zero-order valence-corrected chi connectivity index (χ0v) is 17.9. The molecule has 0 bridgehead atoms. The van der Waals surface area contributed by atoms with Crippen molar-refractivity contribution < 1.29 is 9.84 Å². The van der Waals surface area contributed by atoms with Crippen molar-refractivity contribution in [3.63, 3.8) is 0 Å². The summed E-state index contributed by atoms with van der Waals surface area (Å²) in [6, 6.07) is 18.1. The van der Waals surface area contributed by atoms with Gasteiger partial charge in [-0.1, -0.05) is 44.2 Å². The molecule has 1 aliphatic carbocycles. The number of methoxy groups -OCH3 is 1. The number of nitrogens with zero attached hydrogens (tertiary/aromatic N) is 2. The van der Waals surface area contributed by atoms with Gasteiger partial charge in [-0.3, -0.25) is 0 Å². The lowest BCUT2D eigenvalue weighted by atomic mass is 9.58. The van der Waals surface area contributed by atoms with Crippen molar-refractivity contribution >= 4 is 10.9 Å². The maximum Gasteiger partial charge on any atom is 0.136 e. The van der Waals surface area contributed by atoms with Crippen LogP contribution in [0, 0.1) is 11.3 Å². The lowest BCUT2D eigenvalue weighted by Crippen LogP contribution is -2.53. The van der Waals surface area contributed by atoms with Gasteiger partial charge in [0.15, 0.2) is 0 Å². The summed E-state index contributed by atoms with van der Waals surface area (Å²) in [5.74, 6) is 0.712. The Morgan fingerprint density at radius 3 is 2.59 bits per heavy atom. The molecule has 29 heavy (non-hydrogen) atoms. The molecule has 0 saturated heterocycles. The van der Waals surface area contributed by atoms with Crippen molar-refractivity contribution in [1.29, 1.82) is 0 Å². The number of pyridine rings is 1. The molecular weight excluding hydrogens is 360 g/mol. The van der Waals surface area contributed by atoms with Crippen LogP contribution < -0.4 is 4.74 Å². The molecule has 1 aromatic heterocycles. The van der Waals surface area contributed by atoms with Crippen molar-refractivity contribution in [3.05, 3.63) is 71.4 Å². The Kier molecular flexibility index (Phi) is 4.88. The molecular formula is C25H30N2O2. The summed E-state index contributed by atoms with van der Waals surface area (Å²) in [7, 11) is 5.78. The van der Waals surface area contributed by atoms with E-state index in [1.807, 2.05) is 42.5 Å². The van der Waals surface area contributed by atoms with Gasteiger partial charge in [-0.25, -0.2) is 4.98 Å². The van der Waals surface area contributed by atoms with E-state index >= 15 is 0 Å². The van der Waals surface area contributed by atoms with Crippen molar-refractivity contribution in [2.45, 2.75) is 25.9 Å². The minimum atomic E-state index is -1.21. The molecule has 2 aromatic carbocycles. The highest BCUT2D eigenvalue weighted by Crippen LogP contribution is 2.52. The van der Waals surface area contributed by atoms with E-state index in [0.717, 1.165) is 46.4 Å². The zero-order valence-electron chi connectivity index (χ0n) is 17.9. The highest BCUT2D eigenvalue weighted by Gasteiger charge is 2.53. The highest BCUT2D eigenvalue weighted by atomic mass is 16.5. The van der Waals surface area contributed by atoms with Crippen molar-refractivity contribution in [1.82, 2.24) is 9.88 Å². The quantitative estimate of drug-likeness (QED) is 0.724. The second kappa shape index (κ2) is 7.12. The molecule has 2 unspecified atom stereocenters. The van der Waals surface area contributed by atoms with Crippen LogP contribution in [0.3, 0.4) is 0 Å². The van der Waals surface area contributed by atoms with Gasteiger partial charge >= 0.3 is 0 Å². The standard InChI is InChI=1S/C25H30N2O2/c1-24(2)15-18-13-17-9-6-7-12-21(17)26-23(18)25(28,22(24)16-27(3)4)19-10-8-11-20(14-19)29-5/h6-14,22,28H,15-16H2,1-5H3. The van der Waals surface area contributed by atoms with Crippen LogP contribution in [0.1, 0.15) is 30.7 Å². The van der Waals surface area contributed by atoms with Crippen LogP contribution in [-0.2, 0) is 12.0 Å². The summed E-state index contributed by atoms with van der Waals surface area (Å²) in [5.41, 5.74) is 2.32. The Hall–Kier alpha value is -2.43. The zero-order chi connectivity index (χ0) is 20.8. The molecule has 1 aliphatic rings. The summed E-state index contributed by atoms with van der Waals surface area (Å²) in [5, 5.41) is 13.6. The Labute approximate surface area is 173 Å². The third kappa shape index (κ3) is 3.30. The molecule has 4 heteroatoms. The van der Waals surface area contributed by atoms with Crippen molar-refractivity contribution in [2.24, 2.45) is 11.3 Å². The van der Waals surface area contributed by atoms with Gasteiger partial charge < -0.3 is 14.7 Å². The third-order valence-electron chi connectivity index (χ3n) is 6.32. The molecule has 4 nitrogen and oxygen atoms in total. The minimum Gasteiger partial charge on any atom is -0.497 e. The van der Waals surface area contributed by atoms with Crippen LogP contribution in [-0.4, -0.2) is 42.7 Å².